The molecule has 1 amide bonds. The summed E-state index contributed by atoms with van der Waals surface area (Å²) in [5, 5.41) is 10.1. The van der Waals surface area contributed by atoms with E-state index in [0.29, 0.717) is 5.69 Å². The van der Waals surface area contributed by atoms with Gasteiger partial charge in [0, 0.05) is 37.0 Å². The van der Waals surface area contributed by atoms with Crippen molar-refractivity contribution in [1.82, 2.24) is 9.97 Å². The summed E-state index contributed by atoms with van der Waals surface area (Å²) < 4.78 is 42.1. The van der Waals surface area contributed by atoms with Crippen LogP contribution < -0.4 is 5.32 Å². The van der Waals surface area contributed by atoms with Gasteiger partial charge in [-0.2, -0.15) is 13.2 Å². The van der Waals surface area contributed by atoms with Crippen LogP contribution in [0, 0.1) is 6.92 Å². The largest absolute Gasteiger partial charge is 0.490 e. The molecular weight excluding hydrogens is 523 g/mol. The molecule has 3 N–H and O–H groups in total. The molecule has 1 aliphatic carbocycles. The number of aryl methyl sites for hydroxylation is 1. The lowest BCUT2D eigenvalue weighted by atomic mass is 9.89. The van der Waals surface area contributed by atoms with Crippen LogP contribution in [0.15, 0.2) is 30.5 Å². The summed E-state index contributed by atoms with van der Waals surface area (Å²) in [5.74, 6) is -3.94. The van der Waals surface area contributed by atoms with E-state index in [1.54, 1.807) is 6.20 Å². The van der Waals surface area contributed by atoms with Gasteiger partial charge in [0.25, 0.3) is 5.91 Å². The highest BCUT2D eigenvalue weighted by Crippen LogP contribution is 2.34. The number of aliphatic carboxylic acids is 1. The number of benzene rings is 1. The number of rotatable bonds is 8. The number of hydrogen-bond acceptors (Lipinski definition) is 7. The highest BCUT2D eigenvalue weighted by Gasteiger charge is 2.38. The van der Waals surface area contributed by atoms with Crippen molar-refractivity contribution in [3.8, 4) is 0 Å². The van der Waals surface area contributed by atoms with E-state index in [1.165, 1.54) is 13.8 Å². The van der Waals surface area contributed by atoms with Gasteiger partial charge in [-0.05, 0) is 55.9 Å². The summed E-state index contributed by atoms with van der Waals surface area (Å²) in [4.78, 5) is 51.3. The zero-order chi connectivity index (χ0) is 29.2. The predicted molar refractivity (Wildman–Crippen MR) is 134 cm³/mol. The van der Waals surface area contributed by atoms with Crippen LogP contribution in [-0.2, 0) is 23.9 Å². The molecule has 39 heavy (non-hydrogen) atoms. The number of esters is 2. The van der Waals surface area contributed by atoms with E-state index in [9.17, 15) is 27.6 Å². The van der Waals surface area contributed by atoms with Gasteiger partial charge >= 0.3 is 24.1 Å². The number of alkyl halides is 3. The molecule has 3 rings (SSSR count). The average molecular weight is 554 g/mol. The third-order valence-corrected chi connectivity index (χ3v) is 5.54. The van der Waals surface area contributed by atoms with Crippen LogP contribution in [0.5, 0.6) is 0 Å². The molecule has 0 spiro atoms. The minimum atomic E-state index is -5.08. The van der Waals surface area contributed by atoms with Gasteiger partial charge in [0.15, 0.2) is 5.82 Å². The first-order valence-electron chi connectivity index (χ1n) is 12.0. The molecule has 0 saturated heterocycles. The number of carbonyl (C=O) groups excluding carboxylic acids is 3. The molecule has 0 unspecified atom stereocenters. The number of nitrogens with zero attached hydrogens (tertiary/aromatic N) is 1. The second-order valence-electron chi connectivity index (χ2n) is 8.75. The highest BCUT2D eigenvalue weighted by atomic mass is 19.4. The van der Waals surface area contributed by atoms with Gasteiger partial charge in [-0.25, -0.2) is 9.78 Å². The van der Waals surface area contributed by atoms with Crippen LogP contribution in [0.25, 0.3) is 5.57 Å². The summed E-state index contributed by atoms with van der Waals surface area (Å²) in [5.41, 5.74) is 4.41. The fraction of sp³-hybridized carbons (Fsp3) is 0.423. The van der Waals surface area contributed by atoms with Crippen molar-refractivity contribution < 1.29 is 46.9 Å². The Hall–Kier alpha value is -4.16. The molecule has 0 saturated carbocycles. The lowest BCUT2D eigenvalue weighted by Gasteiger charge is -2.21. The van der Waals surface area contributed by atoms with Crippen LogP contribution in [0.4, 0.5) is 18.9 Å². The highest BCUT2D eigenvalue weighted by molar-refractivity contribution is 6.03. The van der Waals surface area contributed by atoms with E-state index in [4.69, 9.17) is 19.4 Å². The number of halogens is 3. The molecule has 0 atom stereocenters. The summed E-state index contributed by atoms with van der Waals surface area (Å²) in [6.07, 6.45) is 2.82. The number of carbonyl (C=O) groups is 4. The van der Waals surface area contributed by atoms with Crippen LogP contribution in [0.3, 0.4) is 0 Å². The molecule has 1 aliphatic rings. The first-order valence-corrected chi connectivity index (χ1v) is 12.0. The number of carboxylic acids is 1. The van der Waals surface area contributed by atoms with Gasteiger partial charge in [0.05, 0.1) is 5.92 Å². The summed E-state index contributed by atoms with van der Waals surface area (Å²) in [6.45, 7) is 4.71. The fourth-order valence-electron chi connectivity index (χ4n) is 3.66. The molecule has 0 fully saturated rings. The Bertz CT molecular complexity index is 1200. The number of allylic oxidation sites excluding steroid dienone is 2. The Balaban J connectivity index is 0.000000673. The number of anilines is 1. The maximum atomic E-state index is 12.7. The number of carboxylic acid groups (broad SMARTS) is 1. The van der Waals surface area contributed by atoms with Gasteiger partial charge in [0.1, 0.15) is 13.2 Å². The minimum absolute atomic E-state index is 0.0957. The standard InChI is InChI=1S/C24H29N3O5.C2HF3O2/c1-15-12-25-23(26-15)24(30)27-22-10-9-19(11-21(22)18-7-5-4-6-8-18)20(13-31-16(2)28)14-32-17(3)29;3-2(4,5)1(6)7/h7,9-12,20H,4-6,8,13-14H2,1-3H3,(H,25,26)(H,27,30);(H,6,7). The molecule has 10 nitrogen and oxygen atoms in total. The van der Waals surface area contributed by atoms with Crippen molar-refractivity contribution in [2.24, 2.45) is 0 Å². The minimum Gasteiger partial charge on any atom is -0.475 e. The molecular formula is C26H30F3N3O7. The molecule has 13 heteroatoms. The lowest BCUT2D eigenvalue weighted by molar-refractivity contribution is -0.192. The van der Waals surface area contributed by atoms with Crippen molar-refractivity contribution in [3.63, 3.8) is 0 Å². The quantitative estimate of drug-likeness (QED) is 0.396. The smallest absolute Gasteiger partial charge is 0.475 e. The number of ether oxygens (including phenoxy) is 2. The second-order valence-corrected chi connectivity index (χ2v) is 8.75. The Morgan fingerprint density at radius 2 is 1.72 bits per heavy atom. The predicted octanol–water partition coefficient (Wildman–Crippen LogP) is 4.77. The summed E-state index contributed by atoms with van der Waals surface area (Å²) in [6, 6.07) is 5.67. The van der Waals surface area contributed by atoms with E-state index in [1.807, 2.05) is 25.1 Å². The van der Waals surface area contributed by atoms with Crippen LogP contribution >= 0.6 is 0 Å². The molecule has 1 aromatic heterocycles. The zero-order valence-electron chi connectivity index (χ0n) is 21.7. The van der Waals surface area contributed by atoms with Gasteiger partial charge in [-0.1, -0.05) is 12.1 Å². The molecule has 0 aliphatic heterocycles. The lowest BCUT2D eigenvalue weighted by Crippen LogP contribution is -2.21. The maximum absolute atomic E-state index is 12.7. The molecule has 1 heterocycles. The molecule has 0 radical (unpaired) electrons. The maximum Gasteiger partial charge on any atom is 0.490 e. The normalized spacial score (nSPS) is 13.1. The Morgan fingerprint density at radius 3 is 2.18 bits per heavy atom. The SMILES string of the molecule is CC(=O)OCC(COC(C)=O)c1ccc(NC(=O)c2ncc(C)[nH]2)c(C2=CCCCC2)c1.O=C(O)C(F)(F)F. The Kier molecular flexibility index (Phi) is 11.2. The summed E-state index contributed by atoms with van der Waals surface area (Å²) >= 11 is 0. The van der Waals surface area contributed by atoms with E-state index < -0.39 is 24.1 Å². The van der Waals surface area contributed by atoms with Gasteiger partial charge in [-0.15, -0.1) is 0 Å². The number of amides is 1. The van der Waals surface area contributed by atoms with Gasteiger partial charge in [-0.3, -0.25) is 14.4 Å². The second kappa shape index (κ2) is 14.1. The number of aromatic amines is 1. The first kappa shape index (κ1) is 31.1. The van der Waals surface area contributed by atoms with E-state index in [-0.39, 0.29) is 30.9 Å². The van der Waals surface area contributed by atoms with Crippen LogP contribution in [0.2, 0.25) is 0 Å². The van der Waals surface area contributed by atoms with Crippen molar-refractivity contribution in [2.45, 2.75) is 58.5 Å². The van der Waals surface area contributed by atoms with E-state index in [0.717, 1.165) is 48.1 Å². The molecule has 2 aromatic rings. The van der Waals surface area contributed by atoms with Gasteiger partial charge < -0.3 is 24.9 Å². The summed E-state index contributed by atoms with van der Waals surface area (Å²) in [7, 11) is 0. The number of imidazole rings is 1. The zero-order valence-corrected chi connectivity index (χ0v) is 21.7. The molecule has 1 aromatic carbocycles. The van der Waals surface area contributed by atoms with Crippen molar-refractivity contribution in [2.75, 3.05) is 18.5 Å². The van der Waals surface area contributed by atoms with E-state index in [2.05, 4.69) is 21.4 Å². The topological polar surface area (TPSA) is 148 Å². The average Bonchev–Trinajstić information content (AvgIpc) is 3.31. The number of nitrogens with one attached hydrogen (secondary N) is 2. The first-order chi connectivity index (χ1) is 18.3. The van der Waals surface area contributed by atoms with E-state index >= 15 is 0 Å². The third-order valence-electron chi connectivity index (χ3n) is 5.54. The molecule has 0 bridgehead atoms. The number of aromatic nitrogens is 2. The van der Waals surface area contributed by atoms with Crippen molar-refractivity contribution in [1.29, 1.82) is 0 Å². The Morgan fingerprint density at radius 1 is 1.10 bits per heavy atom. The van der Waals surface area contributed by atoms with Crippen molar-refractivity contribution >= 4 is 35.1 Å². The number of H-pyrrole nitrogens is 1. The van der Waals surface area contributed by atoms with Gasteiger partial charge in [0.2, 0.25) is 0 Å². The monoisotopic (exact) mass is 553 g/mol. The van der Waals surface area contributed by atoms with Crippen molar-refractivity contribution in [3.05, 3.63) is 53.1 Å². The van der Waals surface area contributed by atoms with Crippen LogP contribution in [0.1, 0.15) is 72.9 Å². The van der Waals surface area contributed by atoms with Crippen LogP contribution in [-0.4, -0.2) is 58.3 Å². The third kappa shape index (κ3) is 10.3. The fourth-order valence-corrected chi connectivity index (χ4v) is 3.66. The molecule has 212 valence electrons. The Labute approximate surface area is 222 Å². The number of hydrogen-bond donors (Lipinski definition) is 3.